The zero-order valence-electron chi connectivity index (χ0n) is 14.2. The van der Waals surface area contributed by atoms with Crippen LogP contribution >= 0.6 is 0 Å². The van der Waals surface area contributed by atoms with E-state index in [4.69, 9.17) is 4.52 Å². The molecule has 0 N–H and O–H groups in total. The summed E-state index contributed by atoms with van der Waals surface area (Å²) < 4.78 is 5.26. The Bertz CT molecular complexity index is 699. The third-order valence-electron chi connectivity index (χ3n) is 4.57. The van der Waals surface area contributed by atoms with Gasteiger partial charge >= 0.3 is 0 Å². The quantitative estimate of drug-likeness (QED) is 0.741. The van der Waals surface area contributed by atoms with Gasteiger partial charge in [-0.15, -0.1) is 0 Å². The van der Waals surface area contributed by atoms with E-state index in [-0.39, 0.29) is 5.91 Å². The minimum atomic E-state index is 0.215. The summed E-state index contributed by atoms with van der Waals surface area (Å²) in [7, 11) is 0. The van der Waals surface area contributed by atoms with Crippen molar-refractivity contribution in [2.45, 2.75) is 52.9 Å². The molecule has 0 radical (unpaired) electrons. The molecule has 0 bridgehead atoms. The first kappa shape index (κ1) is 15.8. The van der Waals surface area contributed by atoms with Gasteiger partial charge in [0.1, 0.15) is 5.76 Å². The number of hydrogen-bond acceptors (Lipinski definition) is 3. The first-order valence-corrected chi connectivity index (χ1v) is 8.48. The molecule has 1 amide bonds. The number of rotatable bonds is 6. The van der Waals surface area contributed by atoms with Crippen molar-refractivity contribution < 1.29 is 9.32 Å². The predicted octanol–water partition coefficient (Wildman–Crippen LogP) is 4.43. The summed E-state index contributed by atoms with van der Waals surface area (Å²) in [5, 5.41) is 4.02. The van der Waals surface area contributed by atoms with Crippen LogP contribution in [0.1, 0.15) is 49.6 Å². The van der Waals surface area contributed by atoms with Crippen molar-refractivity contribution >= 4 is 11.6 Å². The average Bonchev–Trinajstić information content (AvgIpc) is 3.02. The minimum Gasteiger partial charge on any atom is -0.361 e. The van der Waals surface area contributed by atoms with E-state index in [0.717, 1.165) is 46.8 Å². The van der Waals surface area contributed by atoms with Crippen LogP contribution in [0.3, 0.4) is 0 Å². The molecule has 0 fully saturated rings. The molecular weight excluding hydrogens is 288 g/mol. The van der Waals surface area contributed by atoms with Crippen molar-refractivity contribution in [3.8, 4) is 11.1 Å². The number of aromatic nitrogens is 1. The highest BCUT2D eigenvalue weighted by Crippen LogP contribution is 2.35. The van der Waals surface area contributed by atoms with E-state index in [1.165, 1.54) is 19.3 Å². The van der Waals surface area contributed by atoms with Gasteiger partial charge in [0.2, 0.25) is 5.91 Å². The smallest absolute Gasteiger partial charge is 0.231 e. The molecule has 122 valence electrons. The topological polar surface area (TPSA) is 46.3 Å². The van der Waals surface area contributed by atoms with Crippen molar-refractivity contribution in [2.75, 3.05) is 11.4 Å². The van der Waals surface area contributed by atoms with Crippen molar-refractivity contribution in [3.63, 3.8) is 0 Å². The molecule has 1 aliphatic heterocycles. The second-order valence-electron chi connectivity index (χ2n) is 6.33. The Balaban J connectivity index is 1.82. The summed E-state index contributed by atoms with van der Waals surface area (Å²) in [6, 6.07) is 6.26. The highest BCUT2D eigenvalue weighted by Gasteiger charge is 2.27. The molecule has 0 aliphatic carbocycles. The maximum atomic E-state index is 12.3. The van der Waals surface area contributed by atoms with E-state index in [1.54, 1.807) is 0 Å². The molecule has 1 aromatic carbocycles. The molecule has 0 saturated heterocycles. The number of anilines is 1. The third kappa shape index (κ3) is 3.03. The van der Waals surface area contributed by atoms with Crippen molar-refractivity contribution in [1.29, 1.82) is 0 Å². The first-order valence-electron chi connectivity index (χ1n) is 8.48. The normalized spacial score (nSPS) is 13.7. The van der Waals surface area contributed by atoms with E-state index in [1.807, 2.05) is 18.7 Å². The molecule has 0 unspecified atom stereocenters. The van der Waals surface area contributed by atoms with Gasteiger partial charge in [0.25, 0.3) is 0 Å². The summed E-state index contributed by atoms with van der Waals surface area (Å²) in [4.78, 5) is 14.3. The molecule has 1 aromatic heterocycles. The van der Waals surface area contributed by atoms with E-state index in [9.17, 15) is 4.79 Å². The van der Waals surface area contributed by atoms with Gasteiger partial charge in [-0.05, 0) is 43.5 Å². The Kier molecular flexibility index (Phi) is 4.51. The second-order valence-corrected chi connectivity index (χ2v) is 6.33. The van der Waals surface area contributed by atoms with Gasteiger partial charge in [0.15, 0.2) is 0 Å². The van der Waals surface area contributed by atoms with Gasteiger partial charge in [-0.1, -0.05) is 37.4 Å². The fourth-order valence-corrected chi connectivity index (χ4v) is 3.38. The van der Waals surface area contributed by atoms with Crippen LogP contribution < -0.4 is 4.90 Å². The maximum Gasteiger partial charge on any atom is 0.231 e. The summed E-state index contributed by atoms with van der Waals surface area (Å²) in [6.07, 6.45) is 5.21. The van der Waals surface area contributed by atoms with Gasteiger partial charge in [-0.25, -0.2) is 0 Å². The molecule has 4 heteroatoms. The zero-order chi connectivity index (χ0) is 16.4. The lowest BCUT2D eigenvalue weighted by molar-refractivity contribution is -0.117. The summed E-state index contributed by atoms with van der Waals surface area (Å²) in [6.45, 7) is 6.90. The number of unbranched alkanes of at least 4 members (excludes halogenated alkanes) is 3. The molecule has 1 aliphatic rings. The van der Waals surface area contributed by atoms with Crippen LogP contribution in [0.5, 0.6) is 0 Å². The summed E-state index contributed by atoms with van der Waals surface area (Å²) in [5.41, 5.74) is 5.20. The Hall–Kier alpha value is -2.10. The van der Waals surface area contributed by atoms with E-state index >= 15 is 0 Å². The number of amides is 1. The summed E-state index contributed by atoms with van der Waals surface area (Å²) >= 11 is 0. The minimum absolute atomic E-state index is 0.215. The van der Waals surface area contributed by atoms with Gasteiger partial charge < -0.3 is 9.42 Å². The van der Waals surface area contributed by atoms with Gasteiger partial charge in [-0.3, -0.25) is 4.79 Å². The van der Waals surface area contributed by atoms with Crippen LogP contribution in [0.2, 0.25) is 0 Å². The lowest BCUT2D eigenvalue weighted by Crippen LogP contribution is -2.27. The van der Waals surface area contributed by atoms with Crippen LogP contribution in [0, 0.1) is 13.8 Å². The van der Waals surface area contributed by atoms with Crippen LogP contribution in [0.25, 0.3) is 11.1 Å². The van der Waals surface area contributed by atoms with E-state index < -0.39 is 0 Å². The molecule has 23 heavy (non-hydrogen) atoms. The molecule has 2 heterocycles. The average molecular weight is 312 g/mol. The van der Waals surface area contributed by atoms with Crippen LogP contribution in [-0.2, 0) is 11.2 Å². The van der Waals surface area contributed by atoms with Crippen molar-refractivity contribution in [2.24, 2.45) is 0 Å². The third-order valence-corrected chi connectivity index (χ3v) is 4.57. The fourth-order valence-electron chi connectivity index (χ4n) is 3.38. The van der Waals surface area contributed by atoms with Gasteiger partial charge in [-0.2, -0.15) is 0 Å². The molecule has 2 aromatic rings. The summed E-state index contributed by atoms with van der Waals surface area (Å²) in [5.74, 6) is 1.04. The Morgan fingerprint density at radius 2 is 2.04 bits per heavy atom. The highest BCUT2D eigenvalue weighted by molar-refractivity contribution is 6.02. The van der Waals surface area contributed by atoms with E-state index in [2.05, 4.69) is 30.3 Å². The highest BCUT2D eigenvalue weighted by atomic mass is 16.5. The number of hydrogen-bond donors (Lipinski definition) is 0. The predicted molar refractivity (Wildman–Crippen MR) is 91.6 cm³/mol. The lowest BCUT2D eigenvalue weighted by Gasteiger charge is -2.17. The monoisotopic (exact) mass is 312 g/mol. The standard InChI is InChI=1S/C19H24N2O2/c1-4-5-6-7-10-21-17-9-8-15(11-16(17)12-18(21)22)19-13(2)20-23-14(19)3/h8-9,11H,4-7,10,12H2,1-3H3. The lowest BCUT2D eigenvalue weighted by atomic mass is 10.0. The molecule has 3 rings (SSSR count). The SMILES string of the molecule is CCCCCCN1C(=O)Cc2cc(-c3c(C)noc3C)ccc21. The number of benzene rings is 1. The number of fused-ring (bicyclic) bond motifs is 1. The van der Waals surface area contributed by atoms with Gasteiger partial charge in [0.05, 0.1) is 12.1 Å². The Labute approximate surface area is 137 Å². The Morgan fingerprint density at radius 3 is 2.74 bits per heavy atom. The van der Waals surface area contributed by atoms with Gasteiger partial charge in [0, 0.05) is 17.8 Å². The Morgan fingerprint density at radius 1 is 1.22 bits per heavy atom. The molecule has 0 atom stereocenters. The van der Waals surface area contributed by atoms with Crippen molar-refractivity contribution in [3.05, 3.63) is 35.2 Å². The van der Waals surface area contributed by atoms with Crippen molar-refractivity contribution in [1.82, 2.24) is 5.16 Å². The number of carbonyl (C=O) groups is 1. The van der Waals surface area contributed by atoms with Crippen LogP contribution in [-0.4, -0.2) is 17.6 Å². The largest absolute Gasteiger partial charge is 0.361 e. The number of aryl methyl sites for hydroxylation is 2. The molecule has 0 spiro atoms. The number of nitrogens with zero attached hydrogens (tertiary/aromatic N) is 2. The maximum absolute atomic E-state index is 12.3. The van der Waals surface area contributed by atoms with Crippen LogP contribution in [0.15, 0.2) is 22.7 Å². The second kappa shape index (κ2) is 6.57. The van der Waals surface area contributed by atoms with E-state index in [0.29, 0.717) is 6.42 Å². The molecular formula is C19H24N2O2. The van der Waals surface area contributed by atoms with Crippen LogP contribution in [0.4, 0.5) is 5.69 Å². The first-order chi connectivity index (χ1) is 11.1. The molecule has 0 saturated carbocycles. The zero-order valence-corrected chi connectivity index (χ0v) is 14.2. The molecule has 4 nitrogen and oxygen atoms in total. The number of carbonyl (C=O) groups excluding carboxylic acids is 1. The fraction of sp³-hybridized carbons (Fsp3) is 0.474.